The van der Waals surface area contributed by atoms with Gasteiger partial charge in [-0.2, -0.15) is 13.2 Å². The minimum absolute atomic E-state index is 0.0376. The Labute approximate surface area is 186 Å². The predicted molar refractivity (Wildman–Crippen MR) is 113 cm³/mol. The summed E-state index contributed by atoms with van der Waals surface area (Å²) in [6.07, 6.45) is 1.24. The van der Waals surface area contributed by atoms with Crippen LogP contribution in [0.3, 0.4) is 0 Å². The SMILES string of the molecule is C[C@@H](C(=O)NC1[C@@H]2CC3C[C@H]1CC(O)(C3)C2)N1CCN(c2ccc(C(F)(F)F)cn2)CC1. The number of aliphatic hydroxyl groups is 1. The molecule has 0 aromatic carbocycles. The zero-order valence-corrected chi connectivity index (χ0v) is 18.3. The Morgan fingerprint density at radius 3 is 2.34 bits per heavy atom. The molecule has 1 aromatic heterocycles. The van der Waals surface area contributed by atoms with Crippen LogP contribution in [0.15, 0.2) is 18.3 Å². The molecule has 2 N–H and O–H groups in total. The van der Waals surface area contributed by atoms with Crippen LogP contribution in [0.4, 0.5) is 19.0 Å². The number of aromatic nitrogens is 1. The summed E-state index contributed by atoms with van der Waals surface area (Å²) in [4.78, 5) is 21.1. The lowest BCUT2D eigenvalue weighted by molar-refractivity contribution is -0.148. The number of pyridine rings is 1. The number of anilines is 1. The zero-order chi connectivity index (χ0) is 22.7. The smallest absolute Gasteiger partial charge is 0.390 e. The van der Waals surface area contributed by atoms with Gasteiger partial charge in [-0.3, -0.25) is 9.69 Å². The van der Waals surface area contributed by atoms with E-state index in [1.807, 2.05) is 11.8 Å². The third-order valence-corrected chi connectivity index (χ3v) is 8.19. The largest absolute Gasteiger partial charge is 0.417 e. The highest BCUT2D eigenvalue weighted by molar-refractivity contribution is 5.81. The van der Waals surface area contributed by atoms with Crippen LogP contribution < -0.4 is 10.2 Å². The summed E-state index contributed by atoms with van der Waals surface area (Å²) in [5, 5.41) is 14.1. The summed E-state index contributed by atoms with van der Waals surface area (Å²) >= 11 is 0. The molecule has 6 nitrogen and oxygen atoms in total. The molecule has 3 unspecified atom stereocenters. The minimum atomic E-state index is -4.39. The highest BCUT2D eigenvalue weighted by Crippen LogP contribution is 2.55. The number of nitrogens with zero attached hydrogens (tertiary/aromatic N) is 3. The summed E-state index contributed by atoms with van der Waals surface area (Å²) in [7, 11) is 0. The Hall–Kier alpha value is -1.87. The van der Waals surface area contributed by atoms with E-state index in [2.05, 4.69) is 15.2 Å². The van der Waals surface area contributed by atoms with E-state index >= 15 is 0 Å². The van der Waals surface area contributed by atoms with Crippen molar-refractivity contribution < 1.29 is 23.1 Å². The van der Waals surface area contributed by atoms with Gasteiger partial charge in [0.2, 0.25) is 5.91 Å². The number of hydrogen-bond donors (Lipinski definition) is 2. The van der Waals surface area contributed by atoms with E-state index in [4.69, 9.17) is 0 Å². The van der Waals surface area contributed by atoms with Crippen LogP contribution in [0.2, 0.25) is 0 Å². The summed E-state index contributed by atoms with van der Waals surface area (Å²) < 4.78 is 38.2. The van der Waals surface area contributed by atoms with Crippen LogP contribution in [-0.4, -0.2) is 64.8 Å². The lowest BCUT2D eigenvalue weighted by Crippen LogP contribution is -2.63. The molecule has 5 fully saturated rings. The van der Waals surface area contributed by atoms with Crippen LogP contribution in [0.1, 0.15) is 44.6 Å². The second kappa shape index (κ2) is 7.87. The van der Waals surface area contributed by atoms with Gasteiger partial charge in [0.05, 0.1) is 17.2 Å². The molecule has 0 radical (unpaired) electrons. The fourth-order valence-corrected chi connectivity index (χ4v) is 6.75. The number of carbonyl (C=O) groups is 1. The van der Waals surface area contributed by atoms with E-state index < -0.39 is 17.3 Å². The monoisotopic (exact) mass is 452 g/mol. The van der Waals surface area contributed by atoms with Crippen molar-refractivity contribution in [3.8, 4) is 0 Å². The third kappa shape index (κ3) is 4.09. The van der Waals surface area contributed by atoms with Gasteiger partial charge in [0.15, 0.2) is 0 Å². The molecule has 176 valence electrons. The van der Waals surface area contributed by atoms with Gasteiger partial charge in [-0.1, -0.05) is 0 Å². The van der Waals surface area contributed by atoms with E-state index in [9.17, 15) is 23.1 Å². The molecule has 6 atom stereocenters. The van der Waals surface area contributed by atoms with E-state index in [-0.39, 0.29) is 18.0 Å². The zero-order valence-electron chi connectivity index (χ0n) is 18.3. The van der Waals surface area contributed by atoms with Crippen LogP contribution in [0.25, 0.3) is 0 Å². The highest BCUT2D eigenvalue weighted by atomic mass is 19.4. The van der Waals surface area contributed by atoms with Gasteiger partial charge < -0.3 is 15.3 Å². The van der Waals surface area contributed by atoms with Crippen molar-refractivity contribution in [2.24, 2.45) is 17.8 Å². The van der Waals surface area contributed by atoms with Gasteiger partial charge in [-0.15, -0.1) is 0 Å². The van der Waals surface area contributed by atoms with Crippen molar-refractivity contribution in [3.63, 3.8) is 0 Å². The molecule has 2 heterocycles. The van der Waals surface area contributed by atoms with Gasteiger partial charge in [0.1, 0.15) is 5.82 Å². The molecular weight excluding hydrogens is 421 g/mol. The van der Waals surface area contributed by atoms with E-state index in [1.54, 1.807) is 0 Å². The molecule has 1 aromatic rings. The van der Waals surface area contributed by atoms with Crippen LogP contribution in [0, 0.1) is 17.8 Å². The second-order valence-corrected chi connectivity index (χ2v) is 10.3. The van der Waals surface area contributed by atoms with Crippen LogP contribution >= 0.6 is 0 Å². The van der Waals surface area contributed by atoms with E-state index in [0.717, 1.165) is 44.4 Å². The van der Waals surface area contributed by atoms with Crippen LogP contribution in [-0.2, 0) is 11.0 Å². The maximum atomic E-state index is 13.0. The molecular formula is C23H31F3N4O2. The highest BCUT2D eigenvalue weighted by Gasteiger charge is 2.55. The molecule has 4 aliphatic carbocycles. The molecule has 9 heteroatoms. The number of halogens is 3. The quantitative estimate of drug-likeness (QED) is 0.735. The number of rotatable bonds is 4. The number of alkyl halides is 3. The molecule has 6 rings (SSSR count). The van der Waals surface area contributed by atoms with Gasteiger partial charge in [0, 0.05) is 38.4 Å². The Bertz CT molecular complexity index is 838. The average molecular weight is 453 g/mol. The van der Waals surface area contributed by atoms with E-state index in [1.165, 1.54) is 6.07 Å². The topological polar surface area (TPSA) is 68.7 Å². The third-order valence-electron chi connectivity index (χ3n) is 8.19. The van der Waals surface area contributed by atoms with Gasteiger partial charge in [0.25, 0.3) is 0 Å². The first kappa shape index (κ1) is 21.9. The van der Waals surface area contributed by atoms with Gasteiger partial charge >= 0.3 is 6.18 Å². The molecule has 1 aliphatic heterocycles. The molecule has 0 spiro atoms. The number of hydrogen-bond acceptors (Lipinski definition) is 5. The molecule has 32 heavy (non-hydrogen) atoms. The number of piperazine rings is 1. The Morgan fingerprint density at radius 2 is 1.81 bits per heavy atom. The maximum absolute atomic E-state index is 13.0. The average Bonchev–Trinajstić information content (AvgIpc) is 2.74. The van der Waals surface area contributed by atoms with Crippen molar-refractivity contribution in [2.45, 2.75) is 62.9 Å². The van der Waals surface area contributed by atoms with Gasteiger partial charge in [-0.05, 0) is 68.9 Å². The van der Waals surface area contributed by atoms with Crippen molar-refractivity contribution in [3.05, 3.63) is 23.9 Å². The van der Waals surface area contributed by atoms with Crippen molar-refractivity contribution >= 4 is 11.7 Å². The van der Waals surface area contributed by atoms with Crippen molar-refractivity contribution in [2.75, 3.05) is 31.1 Å². The first-order valence-electron chi connectivity index (χ1n) is 11.7. The second-order valence-electron chi connectivity index (χ2n) is 10.3. The Balaban J connectivity index is 1.14. The van der Waals surface area contributed by atoms with Crippen LogP contribution in [0.5, 0.6) is 0 Å². The first-order chi connectivity index (χ1) is 15.1. The number of amides is 1. The Kier molecular flexibility index (Phi) is 5.40. The lowest BCUT2D eigenvalue weighted by Gasteiger charge is -2.58. The summed E-state index contributed by atoms with van der Waals surface area (Å²) in [5.74, 6) is 1.93. The standard InChI is InChI=1S/C23H31F3N4O2/c1-14(21(31)28-20-16-8-15-9-17(20)12-22(32,10-15)11-16)29-4-6-30(7-5-29)19-3-2-18(13-27-19)23(24,25)26/h2-3,13-17,20,32H,4-12H2,1H3,(H,28,31)/t14-,15?,16-,17+,20?,22?/m0/s1. The number of nitrogens with one attached hydrogen (secondary N) is 1. The molecule has 1 amide bonds. The van der Waals surface area contributed by atoms with E-state index in [0.29, 0.717) is 49.8 Å². The lowest BCUT2D eigenvalue weighted by atomic mass is 9.52. The van der Waals surface area contributed by atoms with Gasteiger partial charge in [-0.25, -0.2) is 4.98 Å². The first-order valence-corrected chi connectivity index (χ1v) is 11.7. The molecule has 4 saturated carbocycles. The molecule has 1 saturated heterocycles. The summed E-state index contributed by atoms with van der Waals surface area (Å²) in [6, 6.07) is 2.37. The fourth-order valence-electron chi connectivity index (χ4n) is 6.75. The maximum Gasteiger partial charge on any atom is 0.417 e. The number of carbonyl (C=O) groups excluding carboxylic acids is 1. The summed E-state index contributed by atoms with van der Waals surface area (Å²) in [6.45, 7) is 4.44. The Morgan fingerprint density at radius 1 is 1.16 bits per heavy atom. The van der Waals surface area contributed by atoms with Crippen molar-refractivity contribution in [1.82, 2.24) is 15.2 Å². The normalized spacial score (nSPS) is 35.7. The predicted octanol–water partition coefficient (Wildman–Crippen LogP) is 2.67. The fraction of sp³-hybridized carbons (Fsp3) is 0.739. The molecule has 5 aliphatic rings. The summed E-state index contributed by atoms with van der Waals surface area (Å²) in [5.41, 5.74) is -1.26. The minimum Gasteiger partial charge on any atom is -0.390 e. The molecule has 4 bridgehead atoms. The van der Waals surface area contributed by atoms with Crippen molar-refractivity contribution in [1.29, 1.82) is 0 Å².